The summed E-state index contributed by atoms with van der Waals surface area (Å²) >= 11 is 1.39. The highest BCUT2D eigenvalue weighted by Crippen LogP contribution is 2.17. The Kier molecular flexibility index (Phi) is 5.55. The number of amides is 1. The van der Waals surface area contributed by atoms with E-state index in [2.05, 4.69) is 20.2 Å². The van der Waals surface area contributed by atoms with Crippen LogP contribution < -0.4 is 10.9 Å². The summed E-state index contributed by atoms with van der Waals surface area (Å²) in [6, 6.07) is 13.1. The topological polar surface area (TPSA) is 91.2 Å². The Labute approximate surface area is 171 Å². The molecule has 0 fully saturated rings. The number of fused-ring (bicyclic) bond motifs is 1. The summed E-state index contributed by atoms with van der Waals surface area (Å²) in [6.45, 7) is 1.63. The van der Waals surface area contributed by atoms with Crippen molar-refractivity contribution in [2.24, 2.45) is 0 Å². The Morgan fingerprint density at radius 3 is 2.72 bits per heavy atom. The summed E-state index contributed by atoms with van der Waals surface area (Å²) in [6.07, 6.45) is 1.64. The van der Waals surface area contributed by atoms with Gasteiger partial charge in [-0.05, 0) is 41.3 Å². The summed E-state index contributed by atoms with van der Waals surface area (Å²) in [7, 11) is 1.61. The van der Waals surface area contributed by atoms with E-state index in [4.69, 9.17) is 4.42 Å². The van der Waals surface area contributed by atoms with Crippen LogP contribution in [0.5, 0.6) is 0 Å². The van der Waals surface area contributed by atoms with Crippen molar-refractivity contribution >= 4 is 27.5 Å². The lowest BCUT2D eigenvalue weighted by molar-refractivity contribution is 0.0963. The lowest BCUT2D eigenvalue weighted by Crippen LogP contribution is -2.25. The molecule has 0 saturated heterocycles. The molecule has 0 bridgehead atoms. The van der Waals surface area contributed by atoms with E-state index in [9.17, 15) is 9.59 Å². The number of aromatic nitrogens is 2. The third-order valence-corrected chi connectivity index (χ3v) is 5.45. The average molecular weight is 408 g/mol. The number of nitrogens with one attached hydrogen (secondary N) is 2. The van der Waals surface area contributed by atoms with Crippen LogP contribution in [-0.2, 0) is 19.6 Å². The first-order valence-electron chi connectivity index (χ1n) is 9.14. The lowest BCUT2D eigenvalue weighted by atomic mass is 10.1. The Balaban J connectivity index is 1.57. The molecule has 0 aliphatic heterocycles. The fourth-order valence-corrected chi connectivity index (χ4v) is 3.89. The third-order valence-electron chi connectivity index (χ3n) is 4.55. The van der Waals surface area contributed by atoms with Gasteiger partial charge >= 0.3 is 0 Å². The van der Waals surface area contributed by atoms with Crippen LogP contribution in [0, 0.1) is 0 Å². The number of carbonyl (C=O) groups excluding carboxylic acids is 1. The van der Waals surface area contributed by atoms with Crippen molar-refractivity contribution < 1.29 is 9.21 Å². The summed E-state index contributed by atoms with van der Waals surface area (Å²) < 4.78 is 6.14. The van der Waals surface area contributed by atoms with Crippen LogP contribution in [0.2, 0.25) is 0 Å². The van der Waals surface area contributed by atoms with E-state index in [1.54, 1.807) is 25.4 Å². The molecule has 4 rings (SSSR count). The number of benzene rings is 1. The SMILES string of the molecule is CNC(=O)c1ccc(CN(Cc2nc3ccsc3c(=O)[nH]2)Cc2ccco2)cc1. The molecular formula is C21H20N4O3S. The van der Waals surface area contributed by atoms with Crippen LogP contribution in [0.4, 0.5) is 0 Å². The van der Waals surface area contributed by atoms with Gasteiger partial charge in [-0.25, -0.2) is 4.98 Å². The lowest BCUT2D eigenvalue weighted by Gasteiger charge is -2.21. The Bertz CT molecular complexity index is 1160. The van der Waals surface area contributed by atoms with Crippen molar-refractivity contribution in [3.63, 3.8) is 0 Å². The summed E-state index contributed by atoms with van der Waals surface area (Å²) in [5.41, 5.74) is 2.25. The molecule has 1 aromatic carbocycles. The zero-order chi connectivity index (χ0) is 20.2. The molecule has 7 nitrogen and oxygen atoms in total. The highest BCUT2D eigenvalue weighted by atomic mass is 32.1. The third kappa shape index (κ3) is 4.44. The first kappa shape index (κ1) is 19.1. The van der Waals surface area contributed by atoms with Crippen LogP contribution >= 0.6 is 11.3 Å². The highest BCUT2D eigenvalue weighted by molar-refractivity contribution is 7.17. The van der Waals surface area contributed by atoms with Gasteiger partial charge in [0.05, 0.1) is 24.9 Å². The minimum atomic E-state index is -0.118. The van der Waals surface area contributed by atoms with E-state index in [0.29, 0.717) is 41.2 Å². The number of furan rings is 1. The number of nitrogens with zero attached hydrogens (tertiary/aromatic N) is 2. The maximum atomic E-state index is 12.3. The second kappa shape index (κ2) is 8.42. The quantitative estimate of drug-likeness (QED) is 0.490. The van der Waals surface area contributed by atoms with Gasteiger partial charge in [-0.1, -0.05) is 12.1 Å². The van der Waals surface area contributed by atoms with E-state index in [-0.39, 0.29) is 11.5 Å². The number of thiophene rings is 1. The highest BCUT2D eigenvalue weighted by Gasteiger charge is 2.14. The second-order valence-electron chi connectivity index (χ2n) is 6.65. The van der Waals surface area contributed by atoms with Gasteiger partial charge in [0.1, 0.15) is 16.3 Å². The minimum absolute atomic E-state index is 0.116. The molecule has 2 N–H and O–H groups in total. The fraction of sp³-hybridized carbons (Fsp3) is 0.190. The van der Waals surface area contributed by atoms with E-state index in [0.717, 1.165) is 11.3 Å². The Morgan fingerprint density at radius 2 is 2.00 bits per heavy atom. The molecule has 3 heterocycles. The largest absolute Gasteiger partial charge is 0.468 e. The van der Waals surface area contributed by atoms with Gasteiger partial charge in [-0.3, -0.25) is 14.5 Å². The van der Waals surface area contributed by atoms with E-state index in [1.807, 2.05) is 35.7 Å². The van der Waals surface area contributed by atoms with Crippen molar-refractivity contribution in [3.8, 4) is 0 Å². The molecule has 0 unspecified atom stereocenters. The van der Waals surface area contributed by atoms with Gasteiger partial charge in [0.15, 0.2) is 0 Å². The molecule has 148 valence electrons. The number of rotatable bonds is 7. The molecule has 0 radical (unpaired) electrons. The first-order valence-corrected chi connectivity index (χ1v) is 10.0. The van der Waals surface area contributed by atoms with Crippen LogP contribution in [0.1, 0.15) is 27.5 Å². The maximum absolute atomic E-state index is 12.3. The fourth-order valence-electron chi connectivity index (χ4n) is 3.16. The van der Waals surface area contributed by atoms with Crippen LogP contribution in [0.3, 0.4) is 0 Å². The molecule has 0 saturated carbocycles. The smallest absolute Gasteiger partial charge is 0.268 e. The predicted octanol–water partition coefficient (Wildman–Crippen LogP) is 3.14. The van der Waals surface area contributed by atoms with Gasteiger partial charge in [-0.2, -0.15) is 0 Å². The van der Waals surface area contributed by atoms with Crippen LogP contribution in [-0.4, -0.2) is 27.8 Å². The van der Waals surface area contributed by atoms with E-state index < -0.39 is 0 Å². The van der Waals surface area contributed by atoms with Crippen molar-refractivity contribution in [1.29, 1.82) is 0 Å². The van der Waals surface area contributed by atoms with Crippen LogP contribution in [0.25, 0.3) is 10.2 Å². The van der Waals surface area contributed by atoms with Gasteiger partial charge < -0.3 is 14.7 Å². The molecule has 8 heteroatoms. The second-order valence-corrected chi connectivity index (χ2v) is 7.56. The predicted molar refractivity (Wildman–Crippen MR) is 112 cm³/mol. The standard InChI is InChI=1S/C21H20N4O3S/c1-22-20(26)15-6-4-14(5-7-15)11-25(12-16-3-2-9-28-16)13-18-23-17-8-10-29-19(17)21(27)24-18/h2-10H,11-13H2,1H3,(H,22,26)(H,23,24,27). The van der Waals surface area contributed by atoms with Crippen molar-refractivity contribution in [2.45, 2.75) is 19.6 Å². The zero-order valence-corrected chi connectivity index (χ0v) is 16.7. The number of hydrogen-bond acceptors (Lipinski definition) is 6. The molecule has 3 aromatic heterocycles. The minimum Gasteiger partial charge on any atom is -0.468 e. The van der Waals surface area contributed by atoms with Crippen LogP contribution in [0.15, 0.2) is 63.3 Å². The molecular weight excluding hydrogens is 388 g/mol. The Morgan fingerprint density at radius 1 is 1.17 bits per heavy atom. The monoisotopic (exact) mass is 408 g/mol. The normalized spacial score (nSPS) is 11.2. The van der Waals surface area contributed by atoms with E-state index >= 15 is 0 Å². The number of carbonyl (C=O) groups is 1. The molecule has 0 atom stereocenters. The van der Waals surface area contributed by atoms with Gasteiger partial charge in [-0.15, -0.1) is 11.3 Å². The average Bonchev–Trinajstić information content (AvgIpc) is 3.40. The summed E-state index contributed by atoms with van der Waals surface area (Å²) in [5, 5.41) is 4.48. The number of aromatic amines is 1. The van der Waals surface area contributed by atoms with Crippen molar-refractivity contribution in [2.75, 3.05) is 7.05 Å². The maximum Gasteiger partial charge on any atom is 0.268 e. The van der Waals surface area contributed by atoms with Gasteiger partial charge in [0.25, 0.3) is 11.5 Å². The number of H-pyrrole nitrogens is 1. The molecule has 29 heavy (non-hydrogen) atoms. The molecule has 0 aliphatic carbocycles. The van der Waals surface area contributed by atoms with Crippen molar-refractivity contribution in [3.05, 3.63) is 87.2 Å². The first-order chi connectivity index (χ1) is 14.1. The van der Waals surface area contributed by atoms with Crippen molar-refractivity contribution in [1.82, 2.24) is 20.2 Å². The van der Waals surface area contributed by atoms with Gasteiger partial charge in [0, 0.05) is 19.2 Å². The summed E-state index contributed by atoms with van der Waals surface area (Å²) in [5.74, 6) is 1.32. The van der Waals surface area contributed by atoms with E-state index in [1.165, 1.54) is 11.3 Å². The molecule has 1 amide bonds. The molecule has 0 aliphatic rings. The van der Waals surface area contributed by atoms with Gasteiger partial charge in [0.2, 0.25) is 0 Å². The zero-order valence-electron chi connectivity index (χ0n) is 15.8. The summed E-state index contributed by atoms with van der Waals surface area (Å²) in [4.78, 5) is 33.6. The molecule has 0 spiro atoms. The Hall–Kier alpha value is -3.23. The molecule has 4 aromatic rings. The number of hydrogen-bond donors (Lipinski definition) is 2.